The third-order valence-corrected chi connectivity index (χ3v) is 9.46. The lowest BCUT2D eigenvalue weighted by atomic mass is 10.1. The van der Waals surface area contributed by atoms with Crippen molar-refractivity contribution in [3.8, 4) is 21.8 Å². The highest BCUT2D eigenvalue weighted by molar-refractivity contribution is 7.88. The van der Waals surface area contributed by atoms with Crippen LogP contribution in [0.1, 0.15) is 24.8 Å². The monoisotopic (exact) mass is 671 g/mol. The van der Waals surface area contributed by atoms with E-state index in [0.29, 0.717) is 41.8 Å². The van der Waals surface area contributed by atoms with E-state index in [9.17, 15) is 17.4 Å². The standard InChI is InChI=1S/C30H32F3N9O2S2/c1-18(2)28-40-25(19-5-4-6-20(15-19)41-46(43)23(17-35-3)27(34)30(31,32)33)26(45-28)22-9-10-36-29(39-22)38-21-7-8-24(37-16-21)42-11-13-44-14-12-42/h4-10,15-18,23,34,41H,11-14H2,1-3H3,(H,36,38,39). The summed E-state index contributed by atoms with van der Waals surface area (Å²) in [6.45, 7) is 6.96. The van der Waals surface area contributed by atoms with Gasteiger partial charge in [0.2, 0.25) is 5.95 Å². The van der Waals surface area contributed by atoms with E-state index in [2.05, 4.69) is 29.9 Å². The van der Waals surface area contributed by atoms with E-state index in [-0.39, 0.29) is 5.92 Å². The summed E-state index contributed by atoms with van der Waals surface area (Å²) in [4.78, 5) is 25.1. The minimum Gasteiger partial charge on any atom is -0.378 e. The number of aliphatic imine (C=N–C) groups is 1. The van der Waals surface area contributed by atoms with Crippen LogP contribution in [-0.4, -0.2) is 80.8 Å². The molecule has 1 aliphatic heterocycles. The highest BCUT2D eigenvalue weighted by atomic mass is 32.2. The van der Waals surface area contributed by atoms with Crippen LogP contribution in [0.25, 0.3) is 21.8 Å². The van der Waals surface area contributed by atoms with Crippen LogP contribution < -0.4 is 14.9 Å². The Morgan fingerprint density at radius 3 is 2.59 bits per heavy atom. The van der Waals surface area contributed by atoms with Crippen molar-refractivity contribution < 1.29 is 22.1 Å². The van der Waals surface area contributed by atoms with Gasteiger partial charge in [-0.05, 0) is 30.3 Å². The molecule has 242 valence electrons. The molecule has 2 unspecified atom stereocenters. The van der Waals surface area contributed by atoms with Gasteiger partial charge in [0.25, 0.3) is 0 Å². The number of rotatable bonds is 11. The van der Waals surface area contributed by atoms with Crippen LogP contribution in [0.3, 0.4) is 0 Å². The molecule has 2 atom stereocenters. The van der Waals surface area contributed by atoms with Crippen LogP contribution >= 0.6 is 11.3 Å². The van der Waals surface area contributed by atoms with Gasteiger partial charge >= 0.3 is 6.18 Å². The van der Waals surface area contributed by atoms with Crippen molar-refractivity contribution in [2.24, 2.45) is 4.99 Å². The van der Waals surface area contributed by atoms with E-state index in [1.807, 2.05) is 32.0 Å². The van der Waals surface area contributed by atoms with Crippen molar-refractivity contribution in [2.75, 3.05) is 48.3 Å². The maximum Gasteiger partial charge on any atom is 0.430 e. The molecule has 0 saturated carbocycles. The van der Waals surface area contributed by atoms with Gasteiger partial charge in [-0.3, -0.25) is 10.4 Å². The molecule has 0 aliphatic carbocycles. The highest BCUT2D eigenvalue weighted by Crippen LogP contribution is 2.39. The summed E-state index contributed by atoms with van der Waals surface area (Å²) in [7, 11) is -1.06. The van der Waals surface area contributed by atoms with Gasteiger partial charge in [0, 0.05) is 49.7 Å². The molecule has 3 N–H and O–H groups in total. The second-order valence-electron chi connectivity index (χ2n) is 10.5. The Labute approximate surface area is 270 Å². The number of nitrogens with one attached hydrogen (secondary N) is 3. The van der Waals surface area contributed by atoms with E-state index < -0.39 is 28.1 Å². The van der Waals surface area contributed by atoms with Gasteiger partial charge in [-0.15, -0.1) is 11.3 Å². The van der Waals surface area contributed by atoms with Crippen LogP contribution in [0, 0.1) is 5.41 Å². The highest BCUT2D eigenvalue weighted by Gasteiger charge is 2.41. The molecule has 1 aliphatic rings. The van der Waals surface area contributed by atoms with E-state index >= 15 is 0 Å². The number of benzene rings is 1. The van der Waals surface area contributed by atoms with Gasteiger partial charge in [0.1, 0.15) is 27.8 Å². The number of anilines is 4. The number of pyridine rings is 1. The zero-order chi connectivity index (χ0) is 32.8. The lowest BCUT2D eigenvalue weighted by Crippen LogP contribution is -2.40. The van der Waals surface area contributed by atoms with Gasteiger partial charge < -0.3 is 19.7 Å². The molecule has 0 radical (unpaired) electrons. The van der Waals surface area contributed by atoms with Crippen LogP contribution in [-0.2, 0) is 15.7 Å². The van der Waals surface area contributed by atoms with E-state index in [0.717, 1.165) is 40.7 Å². The maximum atomic E-state index is 13.2. The number of ether oxygens (including phenoxy) is 1. The molecular formula is C30H32F3N9O2S2. The van der Waals surface area contributed by atoms with Crippen molar-refractivity contribution in [1.82, 2.24) is 19.9 Å². The number of morpholine rings is 1. The van der Waals surface area contributed by atoms with Gasteiger partial charge in [-0.2, -0.15) is 13.2 Å². The molecule has 1 aromatic carbocycles. The molecule has 0 bridgehead atoms. The van der Waals surface area contributed by atoms with Crippen LogP contribution in [0.4, 0.5) is 36.3 Å². The van der Waals surface area contributed by atoms with Crippen molar-refractivity contribution in [2.45, 2.75) is 31.2 Å². The minimum absolute atomic E-state index is 0.115. The van der Waals surface area contributed by atoms with Gasteiger partial charge in [-0.1, -0.05) is 26.0 Å². The zero-order valence-corrected chi connectivity index (χ0v) is 26.8. The summed E-state index contributed by atoms with van der Waals surface area (Å²) in [5, 5.41) is 9.78. The third-order valence-electron chi connectivity index (χ3n) is 6.82. The molecule has 46 heavy (non-hydrogen) atoms. The average molecular weight is 672 g/mol. The van der Waals surface area contributed by atoms with E-state index in [1.54, 1.807) is 36.7 Å². The molecule has 4 aromatic rings. The molecule has 4 heterocycles. The number of aromatic nitrogens is 4. The lowest BCUT2D eigenvalue weighted by Gasteiger charge is -2.27. The molecule has 5 rings (SSSR count). The average Bonchev–Trinajstić information content (AvgIpc) is 3.50. The van der Waals surface area contributed by atoms with E-state index in [4.69, 9.17) is 20.1 Å². The normalized spacial score (nSPS) is 15.2. The summed E-state index contributed by atoms with van der Waals surface area (Å²) in [5.41, 5.74) is 1.23. The summed E-state index contributed by atoms with van der Waals surface area (Å²) in [5.74, 6) is 1.35. The molecule has 0 amide bonds. The van der Waals surface area contributed by atoms with Crippen molar-refractivity contribution in [3.63, 3.8) is 0 Å². The van der Waals surface area contributed by atoms with Gasteiger partial charge in [-0.25, -0.2) is 24.1 Å². The van der Waals surface area contributed by atoms with Crippen LogP contribution in [0.2, 0.25) is 0 Å². The fraction of sp³-hybridized carbons (Fsp3) is 0.333. The number of alkyl halides is 3. The number of hydrogen-bond acceptors (Lipinski definition) is 11. The lowest BCUT2D eigenvalue weighted by molar-refractivity contribution is -0.0602. The Kier molecular flexibility index (Phi) is 10.4. The zero-order valence-electron chi connectivity index (χ0n) is 25.2. The Morgan fingerprint density at radius 1 is 1.13 bits per heavy atom. The molecule has 0 spiro atoms. The molecule has 1 saturated heterocycles. The Balaban J connectivity index is 1.40. The van der Waals surface area contributed by atoms with Crippen molar-refractivity contribution in [3.05, 3.63) is 59.9 Å². The summed E-state index contributed by atoms with van der Waals surface area (Å²) >= 11 is 1.48. The van der Waals surface area contributed by atoms with Crippen LogP contribution in [0.15, 0.2) is 59.9 Å². The summed E-state index contributed by atoms with van der Waals surface area (Å²) in [6, 6.07) is 12.4. The van der Waals surface area contributed by atoms with Crippen molar-refractivity contribution in [1.29, 1.82) is 5.41 Å². The molecular weight excluding hydrogens is 640 g/mol. The van der Waals surface area contributed by atoms with Gasteiger partial charge in [0.05, 0.1) is 46.4 Å². The number of halogens is 3. The smallest absolute Gasteiger partial charge is 0.378 e. The SMILES string of the molecule is CN=CC(C(=N)C(F)(F)F)S(=O)Nc1cccc(-c2nc(C(C)C)sc2-c2ccnc(Nc3ccc(N4CCOCC4)nc3)n2)c1. The Bertz CT molecular complexity index is 1720. The number of hydrogen-bond donors (Lipinski definition) is 3. The first kappa shape index (κ1) is 33.1. The second kappa shape index (κ2) is 14.4. The quantitative estimate of drug-likeness (QED) is 0.163. The fourth-order valence-electron chi connectivity index (χ4n) is 4.51. The first-order chi connectivity index (χ1) is 22.0. The number of nitrogens with zero attached hydrogens (tertiary/aromatic N) is 6. The van der Waals surface area contributed by atoms with E-state index in [1.165, 1.54) is 18.4 Å². The largest absolute Gasteiger partial charge is 0.430 e. The maximum absolute atomic E-state index is 13.2. The second-order valence-corrected chi connectivity index (χ2v) is 12.8. The van der Waals surface area contributed by atoms with Crippen LogP contribution in [0.5, 0.6) is 0 Å². The number of thiazole rings is 1. The predicted octanol–water partition coefficient (Wildman–Crippen LogP) is 6.09. The topological polar surface area (TPSA) is 141 Å². The molecule has 1 fully saturated rings. The fourth-order valence-corrected chi connectivity index (χ4v) is 6.64. The third kappa shape index (κ3) is 7.92. The molecule has 3 aromatic heterocycles. The molecule has 16 heteroatoms. The van der Waals surface area contributed by atoms with Crippen molar-refractivity contribution >= 4 is 57.4 Å². The van der Waals surface area contributed by atoms with Gasteiger partial charge in [0.15, 0.2) is 0 Å². The predicted molar refractivity (Wildman–Crippen MR) is 177 cm³/mol. The first-order valence-corrected chi connectivity index (χ1v) is 16.3. The Morgan fingerprint density at radius 2 is 1.91 bits per heavy atom. The summed E-state index contributed by atoms with van der Waals surface area (Å²) in [6.07, 6.45) is -0.719. The summed E-state index contributed by atoms with van der Waals surface area (Å²) < 4.78 is 60.7. The first-order valence-electron chi connectivity index (χ1n) is 14.3. The minimum atomic E-state index is -4.94. The Hall–Kier alpha value is -4.28. The molecule has 11 nitrogen and oxygen atoms in total.